The number of amides is 2. The van der Waals surface area contributed by atoms with Crippen LogP contribution in [0.4, 0.5) is 16.4 Å². The average molecular weight is 517 g/mol. The van der Waals surface area contributed by atoms with Crippen molar-refractivity contribution in [2.75, 3.05) is 24.1 Å². The van der Waals surface area contributed by atoms with Gasteiger partial charge in [-0.1, -0.05) is 23.7 Å². The maximum absolute atomic E-state index is 12.7. The molecule has 0 unspecified atom stereocenters. The lowest BCUT2D eigenvalue weighted by Crippen LogP contribution is -2.40. The number of nitrogens with one attached hydrogen (secondary N) is 1. The molecule has 1 fully saturated rings. The van der Waals surface area contributed by atoms with E-state index >= 15 is 0 Å². The summed E-state index contributed by atoms with van der Waals surface area (Å²) < 4.78 is 1.66. The van der Waals surface area contributed by atoms with Gasteiger partial charge in [-0.2, -0.15) is 10.4 Å². The molecule has 0 saturated carbocycles. The summed E-state index contributed by atoms with van der Waals surface area (Å²) in [7, 11) is 0. The van der Waals surface area contributed by atoms with E-state index in [0.717, 1.165) is 0 Å². The smallest absolute Gasteiger partial charge is 0.407 e. The largest absolute Gasteiger partial charge is 0.465 e. The molecule has 2 amide bonds. The Balaban J connectivity index is 1.59. The van der Waals surface area contributed by atoms with E-state index in [1.165, 1.54) is 17.2 Å². The Bertz CT molecular complexity index is 1560. The minimum Gasteiger partial charge on any atom is -0.465 e. The Morgan fingerprint density at radius 1 is 1.24 bits per heavy atom. The third-order valence-corrected chi connectivity index (χ3v) is 6.59. The standard InChI is InChI=1S/C25H21ClN8O3/c26-18-10-14(24(35)31-19-5-1-2-8-29-19)6-7-17(18)21-20-22(15(11-27)12-30-23(20)28)34(32-21)16-4-3-9-33(13-16)25(36)37/h1-2,5-8,10,12,16H,3-4,9,13H2,(H2,28,30)(H,36,37)(H,29,31,35)/t16-/m1/s1. The zero-order valence-electron chi connectivity index (χ0n) is 19.4. The maximum Gasteiger partial charge on any atom is 0.407 e. The van der Waals surface area contributed by atoms with Crippen LogP contribution in [0.1, 0.15) is 34.8 Å². The van der Waals surface area contributed by atoms with Crippen LogP contribution >= 0.6 is 11.6 Å². The van der Waals surface area contributed by atoms with E-state index in [0.29, 0.717) is 52.9 Å². The number of carbonyl (C=O) groups is 2. The number of piperidine rings is 1. The predicted molar refractivity (Wildman–Crippen MR) is 137 cm³/mol. The van der Waals surface area contributed by atoms with Crippen molar-refractivity contribution in [1.82, 2.24) is 24.6 Å². The summed E-state index contributed by atoms with van der Waals surface area (Å²) in [5.74, 6) is 0.184. The number of anilines is 2. The molecule has 1 atom stereocenters. The van der Waals surface area contributed by atoms with E-state index in [4.69, 9.17) is 22.4 Å². The van der Waals surface area contributed by atoms with Gasteiger partial charge in [-0.15, -0.1) is 0 Å². The number of carbonyl (C=O) groups excluding carboxylic acids is 1. The molecule has 5 rings (SSSR count). The number of pyridine rings is 2. The number of rotatable bonds is 4. The SMILES string of the molecule is N#Cc1cnc(N)c2c(-c3ccc(C(=O)Nc4ccccn4)cc3Cl)nn([C@@H]3CCCN(C(=O)O)C3)c12. The molecule has 0 spiro atoms. The van der Waals surface area contributed by atoms with Crippen molar-refractivity contribution in [2.45, 2.75) is 18.9 Å². The molecule has 0 bridgehead atoms. The highest BCUT2D eigenvalue weighted by molar-refractivity contribution is 6.34. The minimum absolute atomic E-state index is 0.161. The zero-order valence-corrected chi connectivity index (χ0v) is 20.2. The number of fused-ring (bicyclic) bond motifs is 1. The van der Waals surface area contributed by atoms with Crippen molar-refractivity contribution < 1.29 is 14.7 Å². The number of nitrogens with two attached hydrogens (primary N) is 1. The number of likely N-dealkylation sites (tertiary alicyclic amines) is 1. The Kier molecular flexibility index (Phi) is 6.33. The van der Waals surface area contributed by atoms with Gasteiger partial charge in [0, 0.05) is 36.6 Å². The summed E-state index contributed by atoms with van der Waals surface area (Å²) in [4.78, 5) is 33.9. The number of aromatic nitrogens is 4. The number of halogens is 1. The molecule has 3 aromatic heterocycles. The number of nitrogens with zero attached hydrogens (tertiary/aromatic N) is 6. The second kappa shape index (κ2) is 9.75. The maximum atomic E-state index is 12.7. The van der Waals surface area contributed by atoms with Crippen LogP contribution in [0.15, 0.2) is 48.8 Å². The van der Waals surface area contributed by atoms with Gasteiger partial charge < -0.3 is 21.1 Å². The van der Waals surface area contributed by atoms with Crippen molar-refractivity contribution >= 4 is 46.1 Å². The lowest BCUT2D eigenvalue weighted by Gasteiger charge is -2.31. The molecule has 1 aromatic carbocycles. The quantitative estimate of drug-likeness (QED) is 0.364. The first-order chi connectivity index (χ1) is 17.9. The first-order valence-corrected chi connectivity index (χ1v) is 11.8. The molecule has 0 radical (unpaired) electrons. The van der Waals surface area contributed by atoms with Crippen LogP contribution in [0, 0.1) is 11.3 Å². The van der Waals surface area contributed by atoms with Gasteiger partial charge in [0.15, 0.2) is 0 Å². The number of carboxylic acid groups (broad SMARTS) is 1. The summed E-state index contributed by atoms with van der Waals surface area (Å²) in [5.41, 5.74) is 8.19. The summed E-state index contributed by atoms with van der Waals surface area (Å²) in [6, 6.07) is 11.8. The molecular weight excluding hydrogens is 496 g/mol. The van der Waals surface area contributed by atoms with E-state index in [-0.39, 0.29) is 34.9 Å². The third kappa shape index (κ3) is 4.50. The summed E-state index contributed by atoms with van der Waals surface area (Å²) in [6.45, 7) is 0.652. The summed E-state index contributed by atoms with van der Waals surface area (Å²) in [6.07, 6.45) is 3.27. The lowest BCUT2D eigenvalue weighted by molar-refractivity contribution is 0.102. The highest BCUT2D eigenvalue weighted by Gasteiger charge is 2.29. The van der Waals surface area contributed by atoms with Gasteiger partial charge in [0.05, 0.1) is 27.5 Å². The normalized spacial score (nSPS) is 15.4. The molecule has 4 aromatic rings. The van der Waals surface area contributed by atoms with Gasteiger partial charge >= 0.3 is 6.09 Å². The lowest BCUT2D eigenvalue weighted by atomic mass is 10.0. The number of benzene rings is 1. The summed E-state index contributed by atoms with van der Waals surface area (Å²) >= 11 is 6.64. The molecule has 12 heteroatoms. The average Bonchev–Trinajstić information content (AvgIpc) is 3.31. The third-order valence-electron chi connectivity index (χ3n) is 6.28. The van der Waals surface area contributed by atoms with Gasteiger partial charge in [0.25, 0.3) is 5.91 Å². The van der Waals surface area contributed by atoms with Gasteiger partial charge in [0.1, 0.15) is 23.4 Å². The van der Waals surface area contributed by atoms with Crippen LogP contribution in [-0.4, -0.2) is 54.8 Å². The molecule has 11 nitrogen and oxygen atoms in total. The molecule has 1 aliphatic rings. The Labute approximate surface area is 216 Å². The van der Waals surface area contributed by atoms with Crippen LogP contribution in [0.25, 0.3) is 22.2 Å². The van der Waals surface area contributed by atoms with Crippen LogP contribution in [0.3, 0.4) is 0 Å². The summed E-state index contributed by atoms with van der Waals surface area (Å²) in [5, 5.41) is 27.5. The van der Waals surface area contributed by atoms with E-state index < -0.39 is 6.09 Å². The Morgan fingerprint density at radius 3 is 2.78 bits per heavy atom. The fraction of sp³-hybridized carbons (Fsp3) is 0.200. The molecule has 4 N–H and O–H groups in total. The van der Waals surface area contributed by atoms with Crippen molar-refractivity contribution in [2.24, 2.45) is 0 Å². The number of nitrogen functional groups attached to an aromatic ring is 1. The first-order valence-electron chi connectivity index (χ1n) is 11.4. The van der Waals surface area contributed by atoms with Crippen molar-refractivity contribution in [3.05, 3.63) is 64.9 Å². The predicted octanol–water partition coefficient (Wildman–Crippen LogP) is 4.17. The molecule has 4 heterocycles. The van der Waals surface area contributed by atoms with E-state index in [1.54, 1.807) is 41.2 Å². The highest BCUT2D eigenvalue weighted by atomic mass is 35.5. The van der Waals surface area contributed by atoms with Crippen LogP contribution in [0.2, 0.25) is 5.02 Å². The second-order valence-corrected chi connectivity index (χ2v) is 8.98. The highest BCUT2D eigenvalue weighted by Crippen LogP contribution is 2.39. The molecule has 37 heavy (non-hydrogen) atoms. The van der Waals surface area contributed by atoms with Crippen LogP contribution in [-0.2, 0) is 0 Å². The number of hydrogen-bond donors (Lipinski definition) is 3. The van der Waals surface area contributed by atoms with Gasteiger partial charge in [-0.3, -0.25) is 9.48 Å². The second-order valence-electron chi connectivity index (χ2n) is 8.57. The monoisotopic (exact) mass is 516 g/mol. The first kappa shape index (κ1) is 24.0. The Morgan fingerprint density at radius 2 is 2.08 bits per heavy atom. The van der Waals surface area contributed by atoms with Crippen LogP contribution in [0.5, 0.6) is 0 Å². The van der Waals surface area contributed by atoms with E-state index in [1.807, 2.05) is 0 Å². The van der Waals surface area contributed by atoms with Gasteiger partial charge in [-0.25, -0.2) is 14.8 Å². The molecular formula is C25H21ClN8O3. The molecule has 1 saturated heterocycles. The topological polar surface area (TPSA) is 163 Å². The van der Waals surface area contributed by atoms with Crippen molar-refractivity contribution in [3.8, 4) is 17.3 Å². The molecule has 0 aliphatic carbocycles. The van der Waals surface area contributed by atoms with E-state index in [2.05, 4.69) is 21.4 Å². The van der Waals surface area contributed by atoms with Crippen molar-refractivity contribution in [1.29, 1.82) is 5.26 Å². The number of nitriles is 1. The van der Waals surface area contributed by atoms with Gasteiger partial charge in [0.2, 0.25) is 0 Å². The van der Waals surface area contributed by atoms with Gasteiger partial charge in [-0.05, 0) is 37.1 Å². The fourth-order valence-electron chi connectivity index (χ4n) is 4.53. The minimum atomic E-state index is -1.01. The van der Waals surface area contributed by atoms with E-state index in [9.17, 15) is 20.0 Å². The van der Waals surface area contributed by atoms with Crippen molar-refractivity contribution in [3.63, 3.8) is 0 Å². The molecule has 186 valence electrons. The zero-order chi connectivity index (χ0) is 26.1. The fourth-order valence-corrected chi connectivity index (χ4v) is 4.80. The Hall–Kier alpha value is -4.69. The molecule has 1 aliphatic heterocycles. The number of hydrogen-bond acceptors (Lipinski definition) is 7. The van der Waals surface area contributed by atoms with Crippen LogP contribution < -0.4 is 11.1 Å².